The van der Waals surface area contributed by atoms with Crippen LogP contribution in [0.3, 0.4) is 0 Å². The smallest absolute Gasteiger partial charge is 0.310 e. The maximum atomic E-state index is 12.2. The van der Waals surface area contributed by atoms with Crippen molar-refractivity contribution in [2.75, 3.05) is 27.3 Å². The maximum Gasteiger partial charge on any atom is 0.310 e. The lowest BCUT2D eigenvalue weighted by Gasteiger charge is -2.36. The van der Waals surface area contributed by atoms with Crippen LogP contribution in [0.25, 0.3) is 0 Å². The summed E-state index contributed by atoms with van der Waals surface area (Å²) in [7, 11) is 2.96. The number of carbonyl (C=O) groups excluding carboxylic acids is 1. The quantitative estimate of drug-likeness (QED) is 0.873. The molecule has 1 aliphatic rings. The number of ether oxygens (including phenoxy) is 2. The summed E-state index contributed by atoms with van der Waals surface area (Å²) in [6.07, 6.45) is 0. The van der Waals surface area contributed by atoms with Gasteiger partial charge < -0.3 is 19.5 Å². The van der Waals surface area contributed by atoms with Gasteiger partial charge in [0.05, 0.1) is 25.7 Å². The molecule has 0 aliphatic carbocycles. The van der Waals surface area contributed by atoms with E-state index >= 15 is 0 Å². The molecule has 1 N–H and O–H groups in total. The lowest BCUT2D eigenvalue weighted by atomic mass is 9.99. The largest absolute Gasteiger partial charge is 0.493 e. The molecule has 1 amide bonds. The standard InChI is InChI=1S/C13H15NO5/c1-18-10-5-3-4-9(11(10)19-2)12(15)14-6-8(7-14)13(16)17/h3-5,8H,6-7H2,1-2H3,(H,16,17). The van der Waals surface area contributed by atoms with Crippen LogP contribution in [0.4, 0.5) is 0 Å². The molecule has 0 radical (unpaired) electrons. The number of amides is 1. The van der Waals surface area contributed by atoms with Gasteiger partial charge in [0.1, 0.15) is 0 Å². The van der Waals surface area contributed by atoms with Crippen LogP contribution < -0.4 is 9.47 Å². The van der Waals surface area contributed by atoms with Crippen LogP contribution in [-0.2, 0) is 4.79 Å². The lowest BCUT2D eigenvalue weighted by Crippen LogP contribution is -2.53. The minimum atomic E-state index is -0.873. The van der Waals surface area contributed by atoms with E-state index in [0.717, 1.165) is 0 Å². The molecule has 0 unspecified atom stereocenters. The van der Waals surface area contributed by atoms with Crippen LogP contribution in [0.1, 0.15) is 10.4 Å². The predicted molar refractivity (Wildman–Crippen MR) is 66.6 cm³/mol. The van der Waals surface area contributed by atoms with Crippen molar-refractivity contribution in [1.29, 1.82) is 0 Å². The second-order valence-corrected chi connectivity index (χ2v) is 4.29. The van der Waals surface area contributed by atoms with Crippen molar-refractivity contribution < 1.29 is 24.2 Å². The second kappa shape index (κ2) is 5.17. The van der Waals surface area contributed by atoms with E-state index < -0.39 is 11.9 Å². The van der Waals surface area contributed by atoms with E-state index in [2.05, 4.69) is 0 Å². The lowest BCUT2D eigenvalue weighted by molar-refractivity contribution is -0.146. The number of methoxy groups -OCH3 is 2. The topological polar surface area (TPSA) is 76.1 Å². The third kappa shape index (κ3) is 2.33. The van der Waals surface area contributed by atoms with Gasteiger partial charge in [0, 0.05) is 13.1 Å². The van der Waals surface area contributed by atoms with Gasteiger partial charge in [0.15, 0.2) is 11.5 Å². The molecule has 102 valence electrons. The average Bonchev–Trinajstić information content (AvgIpc) is 2.35. The number of likely N-dealkylation sites (tertiary alicyclic amines) is 1. The summed E-state index contributed by atoms with van der Waals surface area (Å²) in [6, 6.07) is 5.03. The zero-order valence-corrected chi connectivity index (χ0v) is 10.8. The first-order chi connectivity index (χ1) is 9.08. The SMILES string of the molecule is COc1cccc(C(=O)N2CC(C(=O)O)C2)c1OC. The van der Waals surface area contributed by atoms with E-state index in [4.69, 9.17) is 14.6 Å². The fourth-order valence-corrected chi connectivity index (χ4v) is 2.03. The Labute approximate surface area is 110 Å². The van der Waals surface area contributed by atoms with Crippen molar-refractivity contribution in [3.63, 3.8) is 0 Å². The Morgan fingerprint density at radius 2 is 1.95 bits per heavy atom. The molecule has 1 aromatic rings. The number of carboxylic acid groups (broad SMARTS) is 1. The first-order valence-corrected chi connectivity index (χ1v) is 5.81. The minimum absolute atomic E-state index is 0.231. The molecule has 1 heterocycles. The highest BCUT2D eigenvalue weighted by molar-refractivity contribution is 5.99. The molecule has 0 bridgehead atoms. The van der Waals surface area contributed by atoms with E-state index in [0.29, 0.717) is 17.1 Å². The van der Waals surface area contributed by atoms with Crippen LogP contribution in [0.2, 0.25) is 0 Å². The molecular formula is C13H15NO5. The average molecular weight is 265 g/mol. The molecule has 1 saturated heterocycles. The third-order valence-corrected chi connectivity index (χ3v) is 3.15. The van der Waals surface area contributed by atoms with Gasteiger partial charge in [-0.1, -0.05) is 6.07 Å². The van der Waals surface area contributed by atoms with Crippen LogP contribution in [0.5, 0.6) is 11.5 Å². The maximum absolute atomic E-state index is 12.2. The Kier molecular flexibility index (Phi) is 3.59. The van der Waals surface area contributed by atoms with Crippen molar-refractivity contribution in [2.24, 2.45) is 5.92 Å². The highest BCUT2D eigenvalue weighted by atomic mass is 16.5. The number of carbonyl (C=O) groups is 2. The molecular weight excluding hydrogens is 250 g/mol. The summed E-state index contributed by atoms with van der Waals surface area (Å²) < 4.78 is 10.3. The van der Waals surface area contributed by atoms with Gasteiger partial charge in [0.25, 0.3) is 5.91 Å². The predicted octanol–water partition coefficient (Wildman–Crippen LogP) is 0.860. The molecule has 0 atom stereocenters. The molecule has 1 aromatic carbocycles. The second-order valence-electron chi connectivity index (χ2n) is 4.29. The molecule has 0 spiro atoms. The Morgan fingerprint density at radius 3 is 2.47 bits per heavy atom. The molecule has 1 fully saturated rings. The summed E-state index contributed by atoms with van der Waals surface area (Å²) in [5.41, 5.74) is 0.380. The van der Waals surface area contributed by atoms with Crippen LogP contribution in [0, 0.1) is 5.92 Å². The minimum Gasteiger partial charge on any atom is -0.493 e. The number of aliphatic carboxylic acids is 1. The zero-order valence-electron chi connectivity index (χ0n) is 10.8. The van der Waals surface area contributed by atoms with Crippen molar-refractivity contribution >= 4 is 11.9 Å². The zero-order chi connectivity index (χ0) is 14.0. The molecule has 0 aromatic heterocycles. The summed E-state index contributed by atoms with van der Waals surface area (Å²) in [4.78, 5) is 24.4. The Bertz CT molecular complexity index is 508. The number of para-hydroxylation sites is 1. The van der Waals surface area contributed by atoms with Gasteiger partial charge in [-0.05, 0) is 12.1 Å². The van der Waals surface area contributed by atoms with Crippen LogP contribution >= 0.6 is 0 Å². The van der Waals surface area contributed by atoms with Gasteiger partial charge in [-0.2, -0.15) is 0 Å². The van der Waals surface area contributed by atoms with Crippen molar-refractivity contribution in [3.05, 3.63) is 23.8 Å². The molecule has 0 saturated carbocycles. The Morgan fingerprint density at radius 1 is 1.26 bits per heavy atom. The van der Waals surface area contributed by atoms with Crippen LogP contribution in [-0.4, -0.2) is 49.2 Å². The Balaban J connectivity index is 2.19. The summed E-state index contributed by atoms with van der Waals surface area (Å²) >= 11 is 0. The monoisotopic (exact) mass is 265 g/mol. The van der Waals surface area contributed by atoms with Gasteiger partial charge >= 0.3 is 5.97 Å². The van der Waals surface area contributed by atoms with E-state index in [1.807, 2.05) is 0 Å². The van der Waals surface area contributed by atoms with E-state index in [1.54, 1.807) is 18.2 Å². The highest BCUT2D eigenvalue weighted by Gasteiger charge is 2.37. The normalized spacial score (nSPS) is 14.7. The summed E-state index contributed by atoms with van der Waals surface area (Å²) in [6.45, 7) is 0.461. The van der Waals surface area contributed by atoms with Crippen molar-refractivity contribution in [2.45, 2.75) is 0 Å². The number of nitrogens with zero attached hydrogens (tertiary/aromatic N) is 1. The van der Waals surface area contributed by atoms with Gasteiger partial charge in [-0.25, -0.2) is 0 Å². The Hall–Kier alpha value is -2.24. The molecule has 6 heteroatoms. The third-order valence-electron chi connectivity index (χ3n) is 3.15. The van der Waals surface area contributed by atoms with E-state index in [9.17, 15) is 9.59 Å². The molecule has 1 aliphatic heterocycles. The fourth-order valence-electron chi connectivity index (χ4n) is 2.03. The molecule has 19 heavy (non-hydrogen) atoms. The van der Waals surface area contributed by atoms with Gasteiger partial charge in [-0.3, -0.25) is 9.59 Å². The molecule has 6 nitrogen and oxygen atoms in total. The number of benzene rings is 1. The highest BCUT2D eigenvalue weighted by Crippen LogP contribution is 2.32. The number of hydrogen-bond donors (Lipinski definition) is 1. The molecule has 2 rings (SSSR count). The van der Waals surface area contributed by atoms with Crippen molar-refractivity contribution in [1.82, 2.24) is 4.90 Å². The first kappa shape index (κ1) is 13.2. The number of rotatable bonds is 4. The van der Waals surface area contributed by atoms with E-state index in [-0.39, 0.29) is 19.0 Å². The number of carboxylic acids is 1. The van der Waals surface area contributed by atoms with Crippen molar-refractivity contribution in [3.8, 4) is 11.5 Å². The van der Waals surface area contributed by atoms with Crippen LogP contribution in [0.15, 0.2) is 18.2 Å². The number of hydrogen-bond acceptors (Lipinski definition) is 4. The summed E-state index contributed by atoms with van der Waals surface area (Å²) in [5, 5.41) is 8.80. The van der Waals surface area contributed by atoms with Gasteiger partial charge in [-0.15, -0.1) is 0 Å². The van der Waals surface area contributed by atoms with Gasteiger partial charge in [0.2, 0.25) is 0 Å². The fraction of sp³-hybridized carbons (Fsp3) is 0.385. The van der Waals surface area contributed by atoms with E-state index in [1.165, 1.54) is 19.1 Å². The summed E-state index contributed by atoms with van der Waals surface area (Å²) in [5.74, 6) is -0.743. The first-order valence-electron chi connectivity index (χ1n) is 5.81.